The van der Waals surface area contributed by atoms with Crippen LogP contribution in [0.5, 0.6) is 0 Å². The van der Waals surface area contributed by atoms with Crippen molar-refractivity contribution in [1.82, 2.24) is 4.90 Å². The first-order valence-corrected chi connectivity index (χ1v) is 4.81. The first kappa shape index (κ1) is 8.36. The van der Waals surface area contributed by atoms with Crippen molar-refractivity contribution in [3.05, 3.63) is 41.6 Å². The molecular weight excluding hydrogens is 158 g/mol. The average molecular weight is 172 g/mol. The van der Waals surface area contributed by atoms with Crippen molar-refractivity contribution < 1.29 is 0 Å². The van der Waals surface area contributed by atoms with Gasteiger partial charge in [-0.2, -0.15) is 0 Å². The van der Waals surface area contributed by atoms with Gasteiger partial charge in [0.25, 0.3) is 0 Å². The smallest absolute Gasteiger partial charge is 0.0430 e. The van der Waals surface area contributed by atoms with E-state index in [0.29, 0.717) is 0 Å². The normalized spacial score (nSPS) is 14.4. The Morgan fingerprint density at radius 2 is 2.46 bits per heavy atom. The molecule has 1 nitrogen and oxygen atoms in total. The second kappa shape index (κ2) is 3.65. The largest absolute Gasteiger partial charge is 0.373 e. The van der Waals surface area contributed by atoms with Gasteiger partial charge in [0.2, 0.25) is 0 Å². The van der Waals surface area contributed by atoms with E-state index in [2.05, 4.69) is 42.3 Å². The Morgan fingerprint density at radius 1 is 1.54 bits per heavy atom. The molecule has 1 aliphatic rings. The monoisotopic (exact) mass is 172 g/mol. The van der Waals surface area contributed by atoms with Crippen molar-refractivity contribution in [2.24, 2.45) is 0 Å². The Morgan fingerprint density at radius 3 is 3.31 bits per heavy atom. The summed E-state index contributed by atoms with van der Waals surface area (Å²) in [5.74, 6) is 0. The van der Waals surface area contributed by atoms with Crippen molar-refractivity contribution in [1.29, 1.82) is 0 Å². The SMILES string of the molecule is CCCN1C=Cc2cc[c]cc2C1. The van der Waals surface area contributed by atoms with Crippen molar-refractivity contribution in [2.45, 2.75) is 19.9 Å². The number of nitrogens with zero attached hydrogens (tertiary/aromatic N) is 1. The molecule has 0 atom stereocenters. The van der Waals surface area contributed by atoms with Crippen LogP contribution < -0.4 is 0 Å². The maximum atomic E-state index is 3.12. The molecule has 13 heavy (non-hydrogen) atoms. The van der Waals surface area contributed by atoms with Gasteiger partial charge in [-0.1, -0.05) is 19.1 Å². The molecule has 1 aromatic carbocycles. The quantitative estimate of drug-likeness (QED) is 0.663. The van der Waals surface area contributed by atoms with Gasteiger partial charge in [0.05, 0.1) is 0 Å². The van der Waals surface area contributed by atoms with Crippen molar-refractivity contribution >= 4 is 6.08 Å². The molecule has 0 N–H and O–H groups in total. The molecule has 1 heteroatoms. The van der Waals surface area contributed by atoms with Crippen molar-refractivity contribution in [2.75, 3.05) is 6.54 Å². The second-order valence-corrected chi connectivity index (χ2v) is 3.41. The van der Waals surface area contributed by atoms with Crippen LogP contribution in [0.3, 0.4) is 0 Å². The molecule has 0 aromatic heterocycles. The maximum absolute atomic E-state index is 3.12. The first-order chi connectivity index (χ1) is 6.40. The van der Waals surface area contributed by atoms with Crippen LogP contribution in [-0.4, -0.2) is 11.4 Å². The van der Waals surface area contributed by atoms with E-state index in [-0.39, 0.29) is 0 Å². The highest BCUT2D eigenvalue weighted by Crippen LogP contribution is 2.18. The minimum Gasteiger partial charge on any atom is -0.373 e. The van der Waals surface area contributed by atoms with Gasteiger partial charge in [0, 0.05) is 13.1 Å². The Balaban J connectivity index is 2.19. The summed E-state index contributed by atoms with van der Waals surface area (Å²) in [5, 5.41) is 0. The summed E-state index contributed by atoms with van der Waals surface area (Å²) < 4.78 is 0. The lowest BCUT2D eigenvalue weighted by Crippen LogP contribution is -2.20. The Kier molecular flexibility index (Phi) is 2.35. The number of hydrogen-bond acceptors (Lipinski definition) is 1. The maximum Gasteiger partial charge on any atom is 0.0430 e. The van der Waals surface area contributed by atoms with Crippen LogP contribution in [0.2, 0.25) is 0 Å². The minimum absolute atomic E-state index is 1.04. The molecule has 1 aromatic rings. The van der Waals surface area contributed by atoms with Crippen LogP contribution in [0, 0.1) is 6.07 Å². The predicted molar refractivity (Wildman–Crippen MR) is 55.0 cm³/mol. The summed E-state index contributed by atoms with van der Waals surface area (Å²) >= 11 is 0. The van der Waals surface area contributed by atoms with Gasteiger partial charge in [-0.05, 0) is 42.0 Å². The summed E-state index contributed by atoms with van der Waals surface area (Å²) in [7, 11) is 0. The molecule has 0 saturated heterocycles. The summed E-state index contributed by atoms with van der Waals surface area (Å²) in [6.45, 7) is 4.39. The zero-order valence-electron chi connectivity index (χ0n) is 7.96. The third kappa shape index (κ3) is 1.74. The standard InChI is InChI=1S/C12H14N/c1-2-8-13-9-7-11-5-3-4-6-12(11)10-13/h3,5-7,9H,2,8,10H2,1H3. The van der Waals surface area contributed by atoms with Crippen LogP contribution in [-0.2, 0) is 6.54 Å². The molecule has 0 amide bonds. The third-order valence-electron chi connectivity index (χ3n) is 2.34. The Labute approximate surface area is 79.7 Å². The predicted octanol–water partition coefficient (Wildman–Crippen LogP) is 2.68. The lowest BCUT2D eigenvalue weighted by atomic mass is 10.0. The molecule has 0 unspecified atom stereocenters. The summed E-state index contributed by atoms with van der Waals surface area (Å²) in [4.78, 5) is 2.34. The van der Waals surface area contributed by atoms with Crippen LogP contribution in [0.15, 0.2) is 24.4 Å². The number of benzene rings is 1. The summed E-state index contributed by atoms with van der Waals surface area (Å²) in [5.41, 5.74) is 2.73. The van der Waals surface area contributed by atoms with E-state index in [0.717, 1.165) is 13.1 Å². The van der Waals surface area contributed by atoms with E-state index < -0.39 is 0 Å². The molecular formula is C12H14N. The molecule has 0 bridgehead atoms. The fraction of sp³-hybridized carbons (Fsp3) is 0.333. The topological polar surface area (TPSA) is 3.24 Å². The second-order valence-electron chi connectivity index (χ2n) is 3.41. The van der Waals surface area contributed by atoms with Gasteiger partial charge in [0.1, 0.15) is 0 Å². The van der Waals surface area contributed by atoms with Crippen molar-refractivity contribution in [3.8, 4) is 0 Å². The lowest BCUT2D eigenvalue weighted by molar-refractivity contribution is 0.367. The highest BCUT2D eigenvalue weighted by molar-refractivity contribution is 5.55. The van der Waals surface area contributed by atoms with E-state index in [9.17, 15) is 0 Å². The molecule has 0 aliphatic carbocycles. The molecule has 2 rings (SSSR count). The molecule has 0 fully saturated rings. The molecule has 1 radical (unpaired) electrons. The highest BCUT2D eigenvalue weighted by Gasteiger charge is 2.07. The Bertz CT molecular complexity index is 315. The number of hydrogen-bond donors (Lipinski definition) is 0. The van der Waals surface area contributed by atoms with E-state index in [1.54, 1.807) is 0 Å². The summed E-state index contributed by atoms with van der Waals surface area (Å²) in [6.07, 6.45) is 5.57. The van der Waals surface area contributed by atoms with E-state index >= 15 is 0 Å². The third-order valence-corrected chi connectivity index (χ3v) is 2.34. The number of rotatable bonds is 2. The number of fused-ring (bicyclic) bond motifs is 1. The Hall–Kier alpha value is -1.24. The highest BCUT2D eigenvalue weighted by atomic mass is 15.1. The van der Waals surface area contributed by atoms with Crippen LogP contribution >= 0.6 is 0 Å². The fourth-order valence-corrected chi connectivity index (χ4v) is 1.67. The molecule has 1 heterocycles. The average Bonchev–Trinajstić information content (AvgIpc) is 2.18. The van der Waals surface area contributed by atoms with Gasteiger partial charge in [-0.15, -0.1) is 0 Å². The molecule has 0 spiro atoms. The fourth-order valence-electron chi connectivity index (χ4n) is 1.67. The van der Waals surface area contributed by atoms with Crippen LogP contribution in [0.1, 0.15) is 24.5 Å². The molecule has 0 saturated carbocycles. The van der Waals surface area contributed by atoms with Gasteiger partial charge in [-0.25, -0.2) is 0 Å². The first-order valence-electron chi connectivity index (χ1n) is 4.81. The molecule has 67 valence electrons. The molecule has 1 aliphatic heterocycles. The van der Waals surface area contributed by atoms with E-state index in [1.165, 1.54) is 17.5 Å². The van der Waals surface area contributed by atoms with Gasteiger partial charge < -0.3 is 4.90 Å². The van der Waals surface area contributed by atoms with Gasteiger partial charge in [-0.3, -0.25) is 0 Å². The zero-order valence-corrected chi connectivity index (χ0v) is 7.96. The zero-order chi connectivity index (χ0) is 9.10. The van der Waals surface area contributed by atoms with Crippen molar-refractivity contribution in [3.63, 3.8) is 0 Å². The van der Waals surface area contributed by atoms with E-state index in [1.807, 2.05) is 6.07 Å². The van der Waals surface area contributed by atoms with Crippen LogP contribution in [0.4, 0.5) is 0 Å². The summed E-state index contributed by atoms with van der Waals surface area (Å²) in [6, 6.07) is 9.30. The van der Waals surface area contributed by atoms with E-state index in [4.69, 9.17) is 0 Å². The minimum atomic E-state index is 1.04. The van der Waals surface area contributed by atoms with Gasteiger partial charge in [0.15, 0.2) is 0 Å². The van der Waals surface area contributed by atoms with Gasteiger partial charge >= 0.3 is 0 Å². The lowest BCUT2D eigenvalue weighted by Gasteiger charge is -2.24. The van der Waals surface area contributed by atoms with Crippen LogP contribution in [0.25, 0.3) is 6.08 Å².